The van der Waals surface area contributed by atoms with E-state index in [4.69, 9.17) is 20.8 Å². The first-order chi connectivity index (χ1) is 7.79. The lowest BCUT2D eigenvalue weighted by atomic mass is 9.93. The summed E-state index contributed by atoms with van der Waals surface area (Å²) in [6.45, 7) is 3.81. The molecule has 1 N–H and O–H groups in total. The van der Waals surface area contributed by atoms with Crippen LogP contribution in [0.25, 0.3) is 0 Å². The van der Waals surface area contributed by atoms with Crippen LogP contribution in [0.1, 0.15) is 25.7 Å². The Morgan fingerprint density at radius 1 is 1.44 bits per heavy atom. The second kappa shape index (κ2) is 5.50. The number of hydrogen-bond acceptors (Lipinski definition) is 5. The Balaban J connectivity index is 1.87. The van der Waals surface area contributed by atoms with Gasteiger partial charge in [0.25, 0.3) is 0 Å². The molecular weight excluding hydrogens is 230 g/mol. The predicted octanol–water partition coefficient (Wildman–Crippen LogP) is 2.04. The van der Waals surface area contributed by atoms with Crippen molar-refractivity contribution >= 4 is 17.6 Å². The molecular formula is C10H16ClN3O2. The van der Waals surface area contributed by atoms with E-state index in [-0.39, 0.29) is 5.88 Å². The van der Waals surface area contributed by atoms with Crippen molar-refractivity contribution in [1.82, 2.24) is 10.2 Å². The van der Waals surface area contributed by atoms with Crippen LogP contribution in [0.5, 0.6) is 0 Å². The van der Waals surface area contributed by atoms with Crippen LogP contribution in [0, 0.1) is 5.92 Å². The highest BCUT2D eigenvalue weighted by Gasteiger charge is 2.21. The van der Waals surface area contributed by atoms with E-state index in [0.29, 0.717) is 23.9 Å². The third-order valence-corrected chi connectivity index (χ3v) is 3.13. The monoisotopic (exact) mass is 245 g/mol. The lowest BCUT2D eigenvalue weighted by Gasteiger charge is -2.27. The van der Waals surface area contributed by atoms with Crippen molar-refractivity contribution in [2.75, 3.05) is 18.5 Å². The number of alkyl halides is 1. The van der Waals surface area contributed by atoms with E-state index in [1.165, 1.54) is 0 Å². The molecule has 0 saturated carbocycles. The first-order valence-electron chi connectivity index (χ1n) is 5.52. The van der Waals surface area contributed by atoms with E-state index in [1.807, 2.05) is 0 Å². The zero-order valence-corrected chi connectivity index (χ0v) is 10.0. The summed E-state index contributed by atoms with van der Waals surface area (Å²) < 4.78 is 10.6. The number of anilines is 1. The van der Waals surface area contributed by atoms with Crippen LogP contribution in [0.4, 0.5) is 6.01 Å². The molecule has 0 radical (unpaired) electrons. The third kappa shape index (κ3) is 2.86. The molecule has 2 rings (SSSR count). The molecule has 0 aromatic carbocycles. The van der Waals surface area contributed by atoms with Crippen LogP contribution in [-0.2, 0) is 10.6 Å². The molecule has 0 amide bonds. The van der Waals surface area contributed by atoms with Crippen LogP contribution >= 0.6 is 11.6 Å². The molecule has 1 fully saturated rings. The van der Waals surface area contributed by atoms with Crippen molar-refractivity contribution in [2.45, 2.75) is 31.7 Å². The van der Waals surface area contributed by atoms with Gasteiger partial charge in [0.15, 0.2) is 0 Å². The van der Waals surface area contributed by atoms with Gasteiger partial charge < -0.3 is 14.5 Å². The SMILES string of the molecule is CC(Nc1nnc(CCl)o1)C1CCOCC1. The summed E-state index contributed by atoms with van der Waals surface area (Å²) in [5.74, 6) is 1.30. The van der Waals surface area contributed by atoms with Crippen molar-refractivity contribution in [1.29, 1.82) is 0 Å². The Bertz CT molecular complexity index is 326. The summed E-state index contributed by atoms with van der Waals surface area (Å²) in [7, 11) is 0. The van der Waals surface area contributed by atoms with Gasteiger partial charge in [-0.1, -0.05) is 5.10 Å². The summed E-state index contributed by atoms with van der Waals surface area (Å²) in [5, 5.41) is 10.9. The standard InChI is InChI=1S/C10H16ClN3O2/c1-7(8-2-4-15-5-3-8)12-10-14-13-9(6-11)16-10/h7-8H,2-6H2,1H3,(H,12,14). The van der Waals surface area contributed by atoms with Crippen molar-refractivity contribution in [3.05, 3.63) is 5.89 Å². The summed E-state index contributed by atoms with van der Waals surface area (Å²) in [6, 6.07) is 0.766. The summed E-state index contributed by atoms with van der Waals surface area (Å²) in [5.41, 5.74) is 0. The maximum atomic E-state index is 5.58. The first-order valence-corrected chi connectivity index (χ1v) is 6.05. The maximum absolute atomic E-state index is 5.58. The molecule has 1 aliphatic heterocycles. The number of ether oxygens (including phenoxy) is 1. The minimum Gasteiger partial charge on any atom is -0.407 e. The maximum Gasteiger partial charge on any atom is 0.315 e. The second-order valence-corrected chi connectivity index (χ2v) is 4.28. The fourth-order valence-electron chi connectivity index (χ4n) is 1.89. The van der Waals surface area contributed by atoms with Crippen LogP contribution in [0.15, 0.2) is 4.42 Å². The van der Waals surface area contributed by atoms with Gasteiger partial charge in [0.1, 0.15) is 5.88 Å². The van der Waals surface area contributed by atoms with Gasteiger partial charge in [-0.2, -0.15) is 0 Å². The Morgan fingerprint density at radius 3 is 2.81 bits per heavy atom. The predicted molar refractivity (Wildman–Crippen MR) is 60.5 cm³/mol. The Morgan fingerprint density at radius 2 is 2.19 bits per heavy atom. The van der Waals surface area contributed by atoms with Gasteiger partial charge in [-0.15, -0.1) is 16.7 Å². The Kier molecular flexibility index (Phi) is 4.01. The van der Waals surface area contributed by atoms with Crippen molar-refractivity contribution in [2.24, 2.45) is 5.92 Å². The van der Waals surface area contributed by atoms with Gasteiger partial charge in [-0.25, -0.2) is 0 Å². The van der Waals surface area contributed by atoms with E-state index < -0.39 is 0 Å². The third-order valence-electron chi connectivity index (χ3n) is 2.91. The van der Waals surface area contributed by atoms with Crippen LogP contribution < -0.4 is 5.32 Å². The first kappa shape index (κ1) is 11.7. The Labute approximate surface area is 99.5 Å². The van der Waals surface area contributed by atoms with E-state index in [2.05, 4.69) is 22.4 Å². The zero-order chi connectivity index (χ0) is 11.4. The quantitative estimate of drug-likeness (QED) is 0.823. The average Bonchev–Trinajstić information content (AvgIpc) is 2.78. The van der Waals surface area contributed by atoms with Gasteiger partial charge >= 0.3 is 6.01 Å². The normalized spacial score (nSPS) is 19.6. The second-order valence-electron chi connectivity index (χ2n) is 4.02. The number of halogens is 1. The molecule has 1 saturated heterocycles. The molecule has 0 aliphatic carbocycles. The van der Waals surface area contributed by atoms with E-state index >= 15 is 0 Å². The van der Waals surface area contributed by atoms with Gasteiger partial charge in [-0.3, -0.25) is 0 Å². The topological polar surface area (TPSA) is 60.2 Å². The summed E-state index contributed by atoms with van der Waals surface area (Å²) >= 11 is 5.58. The number of rotatable bonds is 4. The van der Waals surface area contributed by atoms with Gasteiger partial charge in [0.2, 0.25) is 5.89 Å². The molecule has 1 aromatic heterocycles. The molecule has 90 valence electrons. The van der Waals surface area contributed by atoms with Crippen molar-refractivity contribution in [3.8, 4) is 0 Å². The minimum absolute atomic E-state index is 0.250. The number of hydrogen-bond donors (Lipinski definition) is 1. The number of aromatic nitrogens is 2. The molecule has 6 heteroatoms. The average molecular weight is 246 g/mol. The smallest absolute Gasteiger partial charge is 0.315 e. The largest absolute Gasteiger partial charge is 0.407 e. The lowest BCUT2D eigenvalue weighted by molar-refractivity contribution is 0.0620. The van der Waals surface area contributed by atoms with Gasteiger partial charge in [0.05, 0.1) is 0 Å². The lowest BCUT2D eigenvalue weighted by Crippen LogP contribution is -2.31. The van der Waals surface area contributed by atoms with Crippen molar-refractivity contribution < 1.29 is 9.15 Å². The highest BCUT2D eigenvalue weighted by atomic mass is 35.5. The highest BCUT2D eigenvalue weighted by Crippen LogP contribution is 2.21. The van der Waals surface area contributed by atoms with Gasteiger partial charge in [-0.05, 0) is 25.7 Å². The van der Waals surface area contributed by atoms with Crippen LogP contribution in [-0.4, -0.2) is 29.5 Å². The molecule has 1 aliphatic rings. The molecule has 5 nitrogen and oxygen atoms in total. The molecule has 0 spiro atoms. The number of nitrogens with one attached hydrogen (secondary N) is 1. The summed E-state index contributed by atoms with van der Waals surface area (Å²) in [4.78, 5) is 0. The van der Waals surface area contributed by atoms with E-state index in [1.54, 1.807) is 0 Å². The fraction of sp³-hybridized carbons (Fsp3) is 0.800. The van der Waals surface area contributed by atoms with Crippen LogP contribution in [0.3, 0.4) is 0 Å². The summed E-state index contributed by atoms with van der Waals surface area (Å²) in [6.07, 6.45) is 2.15. The highest BCUT2D eigenvalue weighted by molar-refractivity contribution is 6.16. The van der Waals surface area contributed by atoms with Gasteiger partial charge in [0, 0.05) is 19.3 Å². The van der Waals surface area contributed by atoms with E-state index in [0.717, 1.165) is 26.1 Å². The number of nitrogens with zero attached hydrogens (tertiary/aromatic N) is 2. The molecule has 16 heavy (non-hydrogen) atoms. The molecule has 1 unspecified atom stereocenters. The van der Waals surface area contributed by atoms with E-state index in [9.17, 15) is 0 Å². The minimum atomic E-state index is 0.250. The molecule has 1 aromatic rings. The molecule has 2 heterocycles. The van der Waals surface area contributed by atoms with Crippen LogP contribution in [0.2, 0.25) is 0 Å². The zero-order valence-electron chi connectivity index (χ0n) is 9.28. The molecule has 1 atom stereocenters. The Hall–Kier alpha value is -0.810. The molecule has 0 bridgehead atoms. The van der Waals surface area contributed by atoms with Crippen molar-refractivity contribution in [3.63, 3.8) is 0 Å². The fourth-order valence-corrected chi connectivity index (χ4v) is 2.00.